The van der Waals surface area contributed by atoms with Gasteiger partial charge in [-0.25, -0.2) is 0 Å². The monoisotopic (exact) mass is 283 g/mol. The van der Waals surface area contributed by atoms with Gasteiger partial charge in [0.2, 0.25) is 0 Å². The molecule has 0 aliphatic carbocycles. The van der Waals surface area contributed by atoms with Crippen LogP contribution in [0.2, 0.25) is 0 Å². The van der Waals surface area contributed by atoms with Gasteiger partial charge in [0.05, 0.1) is 13.2 Å². The number of rotatable bonds is 6. The van der Waals surface area contributed by atoms with E-state index in [2.05, 4.69) is 10.0 Å². The summed E-state index contributed by atoms with van der Waals surface area (Å²) in [6.45, 7) is 2.32. The molecule has 0 amide bonds. The van der Waals surface area contributed by atoms with Gasteiger partial charge in [0.1, 0.15) is 6.61 Å². The topological polar surface area (TPSA) is 67.2 Å². The first kappa shape index (κ1) is 14.8. The van der Waals surface area contributed by atoms with Gasteiger partial charge in [0, 0.05) is 4.91 Å². The van der Waals surface area contributed by atoms with Crippen molar-refractivity contribution < 1.29 is 9.47 Å². The van der Waals surface area contributed by atoms with Crippen LogP contribution in [0.3, 0.4) is 0 Å². The van der Waals surface area contributed by atoms with Crippen molar-refractivity contribution >= 4 is 0 Å². The normalized spacial score (nSPS) is 11.3. The molecule has 2 rings (SSSR count). The Hall–Kier alpha value is -2.65. The van der Waals surface area contributed by atoms with Crippen molar-refractivity contribution in [2.24, 2.45) is 5.11 Å². The van der Waals surface area contributed by atoms with Crippen LogP contribution in [0.1, 0.15) is 24.1 Å². The Bertz CT molecular complexity index is 634. The summed E-state index contributed by atoms with van der Waals surface area (Å²) in [5, 5.41) is 3.67. The van der Waals surface area contributed by atoms with Crippen molar-refractivity contribution in [1.82, 2.24) is 0 Å². The molecule has 108 valence electrons. The lowest BCUT2D eigenvalue weighted by atomic mass is 10.1. The van der Waals surface area contributed by atoms with E-state index >= 15 is 0 Å². The van der Waals surface area contributed by atoms with E-state index in [1.54, 1.807) is 7.11 Å². The van der Waals surface area contributed by atoms with Crippen molar-refractivity contribution in [3.63, 3.8) is 0 Å². The van der Waals surface area contributed by atoms with Crippen LogP contribution in [-0.2, 0) is 6.61 Å². The Labute approximate surface area is 123 Å². The molecule has 0 aliphatic heterocycles. The minimum atomic E-state index is -0.167. The van der Waals surface area contributed by atoms with E-state index in [0.29, 0.717) is 18.1 Å². The van der Waals surface area contributed by atoms with Gasteiger partial charge in [-0.1, -0.05) is 48.4 Å². The molecule has 2 aromatic carbocycles. The fraction of sp³-hybridized carbons (Fsp3) is 0.250. The maximum atomic E-state index is 8.44. The van der Waals surface area contributed by atoms with Crippen LogP contribution < -0.4 is 9.47 Å². The summed E-state index contributed by atoms with van der Waals surface area (Å²) in [7, 11) is 1.62. The molecule has 21 heavy (non-hydrogen) atoms. The lowest BCUT2D eigenvalue weighted by Gasteiger charge is -2.11. The van der Waals surface area contributed by atoms with Gasteiger partial charge >= 0.3 is 0 Å². The van der Waals surface area contributed by atoms with Crippen LogP contribution in [0.4, 0.5) is 0 Å². The lowest BCUT2D eigenvalue weighted by Crippen LogP contribution is -1.98. The standard InChI is InChI=1S/C16H17N3O2/c1-12(18-19-17)14-9-7-13(8-10-14)11-21-16-6-4-3-5-15(16)20-2/h3-10,12H,11H2,1-2H3. The fourth-order valence-electron chi connectivity index (χ4n) is 1.94. The summed E-state index contributed by atoms with van der Waals surface area (Å²) in [6, 6.07) is 15.2. The summed E-state index contributed by atoms with van der Waals surface area (Å²) in [5.74, 6) is 1.43. The number of nitrogens with zero attached hydrogens (tertiary/aromatic N) is 3. The Morgan fingerprint density at radius 1 is 1.10 bits per heavy atom. The van der Waals surface area contributed by atoms with Gasteiger partial charge < -0.3 is 9.47 Å². The van der Waals surface area contributed by atoms with E-state index in [9.17, 15) is 0 Å². The summed E-state index contributed by atoms with van der Waals surface area (Å²) < 4.78 is 11.0. The molecule has 1 unspecified atom stereocenters. The molecule has 0 fully saturated rings. The minimum Gasteiger partial charge on any atom is -0.493 e. The molecule has 0 radical (unpaired) electrons. The van der Waals surface area contributed by atoms with E-state index in [1.807, 2.05) is 55.5 Å². The SMILES string of the molecule is COc1ccccc1OCc1ccc(C(C)N=[N+]=[N-])cc1. The molecule has 0 heterocycles. The predicted octanol–water partition coefficient (Wildman–Crippen LogP) is 4.65. The van der Waals surface area contributed by atoms with Crippen molar-refractivity contribution in [3.8, 4) is 11.5 Å². The number of hydrogen-bond donors (Lipinski definition) is 0. The summed E-state index contributed by atoms with van der Waals surface area (Å²) in [6.07, 6.45) is 0. The molecule has 5 heteroatoms. The van der Waals surface area contributed by atoms with E-state index < -0.39 is 0 Å². The zero-order valence-corrected chi connectivity index (χ0v) is 12.1. The van der Waals surface area contributed by atoms with Crippen molar-refractivity contribution in [2.75, 3.05) is 7.11 Å². The molecule has 2 aromatic rings. The first-order valence-electron chi connectivity index (χ1n) is 6.63. The van der Waals surface area contributed by atoms with Crippen molar-refractivity contribution in [3.05, 3.63) is 70.1 Å². The maximum Gasteiger partial charge on any atom is 0.161 e. The second kappa shape index (κ2) is 7.22. The molecule has 0 spiro atoms. The quantitative estimate of drug-likeness (QED) is 0.440. The van der Waals surface area contributed by atoms with Crippen molar-refractivity contribution in [1.29, 1.82) is 0 Å². The molecule has 0 aliphatic rings. The average Bonchev–Trinajstić information content (AvgIpc) is 2.54. The van der Waals surface area contributed by atoms with Gasteiger partial charge in [-0.3, -0.25) is 0 Å². The number of para-hydroxylation sites is 2. The molecular formula is C16H17N3O2. The zero-order chi connectivity index (χ0) is 15.1. The number of benzene rings is 2. The Morgan fingerprint density at radius 3 is 2.38 bits per heavy atom. The third kappa shape index (κ3) is 3.91. The second-order valence-corrected chi connectivity index (χ2v) is 4.56. The van der Waals surface area contributed by atoms with Crippen LogP contribution in [0.15, 0.2) is 53.6 Å². The number of ether oxygens (including phenoxy) is 2. The zero-order valence-electron chi connectivity index (χ0n) is 12.1. The van der Waals surface area contributed by atoms with Crippen LogP contribution >= 0.6 is 0 Å². The van der Waals surface area contributed by atoms with E-state index in [-0.39, 0.29) is 6.04 Å². The van der Waals surface area contributed by atoms with Crippen LogP contribution in [0.25, 0.3) is 10.4 Å². The van der Waals surface area contributed by atoms with E-state index in [1.165, 1.54) is 0 Å². The number of methoxy groups -OCH3 is 1. The average molecular weight is 283 g/mol. The molecule has 1 atom stereocenters. The van der Waals surface area contributed by atoms with Gasteiger partial charge in [-0.15, -0.1) is 0 Å². The number of hydrogen-bond acceptors (Lipinski definition) is 3. The third-order valence-corrected chi connectivity index (χ3v) is 3.15. The highest BCUT2D eigenvalue weighted by molar-refractivity contribution is 5.39. The summed E-state index contributed by atoms with van der Waals surface area (Å²) in [4.78, 5) is 2.82. The molecule has 5 nitrogen and oxygen atoms in total. The fourth-order valence-corrected chi connectivity index (χ4v) is 1.94. The molecule has 0 aromatic heterocycles. The largest absolute Gasteiger partial charge is 0.493 e. The predicted molar refractivity (Wildman–Crippen MR) is 81.3 cm³/mol. The van der Waals surface area contributed by atoms with Gasteiger partial charge in [-0.2, -0.15) is 0 Å². The molecule has 0 saturated carbocycles. The molecule has 0 bridgehead atoms. The van der Waals surface area contributed by atoms with E-state index in [0.717, 1.165) is 11.1 Å². The smallest absolute Gasteiger partial charge is 0.161 e. The number of azide groups is 1. The van der Waals surface area contributed by atoms with Crippen molar-refractivity contribution in [2.45, 2.75) is 19.6 Å². The van der Waals surface area contributed by atoms with Crippen LogP contribution in [-0.4, -0.2) is 7.11 Å². The van der Waals surface area contributed by atoms with Gasteiger partial charge in [-0.05, 0) is 28.8 Å². The van der Waals surface area contributed by atoms with E-state index in [4.69, 9.17) is 15.0 Å². The first-order valence-corrected chi connectivity index (χ1v) is 6.63. The first-order chi connectivity index (χ1) is 10.2. The molecular weight excluding hydrogens is 266 g/mol. The summed E-state index contributed by atoms with van der Waals surface area (Å²) in [5.41, 5.74) is 10.5. The second-order valence-electron chi connectivity index (χ2n) is 4.56. The highest BCUT2D eigenvalue weighted by Crippen LogP contribution is 2.26. The third-order valence-electron chi connectivity index (χ3n) is 3.15. The lowest BCUT2D eigenvalue weighted by molar-refractivity contribution is 0.284. The van der Waals surface area contributed by atoms with Gasteiger partial charge in [0.15, 0.2) is 11.5 Å². The molecule has 0 N–H and O–H groups in total. The summed E-state index contributed by atoms with van der Waals surface area (Å²) >= 11 is 0. The Kier molecular flexibility index (Phi) is 5.07. The van der Waals surface area contributed by atoms with Crippen LogP contribution in [0, 0.1) is 0 Å². The highest BCUT2D eigenvalue weighted by atomic mass is 16.5. The van der Waals surface area contributed by atoms with Crippen LogP contribution in [0.5, 0.6) is 11.5 Å². The maximum absolute atomic E-state index is 8.44. The highest BCUT2D eigenvalue weighted by Gasteiger charge is 2.05. The van der Waals surface area contributed by atoms with Gasteiger partial charge in [0.25, 0.3) is 0 Å². The molecule has 0 saturated heterocycles. The Balaban J connectivity index is 2.02. The minimum absolute atomic E-state index is 0.167. The Morgan fingerprint density at radius 2 is 1.76 bits per heavy atom.